The molecule has 8 heteroatoms. The molecule has 33 heavy (non-hydrogen) atoms. The van der Waals surface area contributed by atoms with E-state index in [0.29, 0.717) is 24.7 Å². The van der Waals surface area contributed by atoms with Crippen LogP contribution in [0.5, 0.6) is 0 Å². The summed E-state index contributed by atoms with van der Waals surface area (Å²) in [7, 11) is 0. The molecule has 3 rings (SSSR count). The normalized spacial score (nSPS) is 11.1. The van der Waals surface area contributed by atoms with Crippen LogP contribution < -0.4 is 16.8 Å². The lowest BCUT2D eigenvalue weighted by atomic mass is 9.88. The Morgan fingerprint density at radius 1 is 1.09 bits per heavy atom. The molecule has 0 unspecified atom stereocenters. The van der Waals surface area contributed by atoms with Gasteiger partial charge < -0.3 is 21.9 Å². The summed E-state index contributed by atoms with van der Waals surface area (Å²) in [6.45, 7) is 6.91. The van der Waals surface area contributed by atoms with Crippen molar-refractivity contribution in [3.8, 4) is 11.1 Å². The molecule has 2 aromatic heterocycles. The molecule has 0 bridgehead atoms. The average Bonchev–Trinajstić information content (AvgIpc) is 3.23. The number of carboxylic acid groups (broad SMARTS) is 1. The van der Waals surface area contributed by atoms with Crippen LogP contribution in [0.3, 0.4) is 0 Å². The third kappa shape index (κ3) is 5.65. The summed E-state index contributed by atoms with van der Waals surface area (Å²) in [6, 6.07) is 7.94. The number of carbonyl (C=O) groups excluding carboxylic acids is 1. The maximum atomic E-state index is 13.0. The molecule has 0 fully saturated rings. The lowest BCUT2D eigenvalue weighted by Crippen LogP contribution is -2.19. The van der Waals surface area contributed by atoms with Crippen molar-refractivity contribution in [1.29, 1.82) is 0 Å². The summed E-state index contributed by atoms with van der Waals surface area (Å²) < 4.78 is 0. The van der Waals surface area contributed by atoms with Crippen LogP contribution in [0.2, 0.25) is 0 Å². The molecule has 0 aliphatic carbocycles. The van der Waals surface area contributed by atoms with E-state index in [9.17, 15) is 14.7 Å². The molecular weight excluding hydrogens is 436 g/mol. The predicted octanol–water partition coefficient (Wildman–Crippen LogP) is 4.11. The topological polar surface area (TPSA) is 131 Å². The Bertz CT molecular complexity index is 1150. The first-order valence-electron chi connectivity index (χ1n) is 10.8. The summed E-state index contributed by atoms with van der Waals surface area (Å²) in [4.78, 5) is 29.2. The number of rotatable bonds is 9. The monoisotopic (exact) mass is 466 g/mol. The number of amides is 1. The number of aromatic carboxylic acids is 1. The number of anilines is 1. The van der Waals surface area contributed by atoms with E-state index < -0.39 is 5.97 Å². The molecule has 0 saturated carbocycles. The van der Waals surface area contributed by atoms with Crippen molar-refractivity contribution in [3.05, 3.63) is 68.7 Å². The quantitative estimate of drug-likeness (QED) is 0.375. The summed E-state index contributed by atoms with van der Waals surface area (Å²) >= 11 is 1.23. The van der Waals surface area contributed by atoms with Gasteiger partial charge in [-0.1, -0.05) is 38.1 Å². The molecule has 0 spiro atoms. The van der Waals surface area contributed by atoms with Crippen LogP contribution in [-0.4, -0.2) is 22.0 Å². The first-order valence-corrected chi connectivity index (χ1v) is 11.8. The Morgan fingerprint density at radius 2 is 1.79 bits per heavy atom. The first-order chi connectivity index (χ1) is 15.7. The van der Waals surface area contributed by atoms with Gasteiger partial charge in [0.15, 0.2) is 0 Å². The van der Waals surface area contributed by atoms with Gasteiger partial charge in [-0.2, -0.15) is 0 Å². The van der Waals surface area contributed by atoms with Gasteiger partial charge in [0.25, 0.3) is 0 Å². The predicted molar refractivity (Wildman–Crippen MR) is 132 cm³/mol. The average molecular weight is 467 g/mol. The maximum absolute atomic E-state index is 13.0. The molecule has 0 aliphatic rings. The third-order valence-electron chi connectivity index (χ3n) is 5.48. The Balaban J connectivity index is 2.07. The van der Waals surface area contributed by atoms with Crippen molar-refractivity contribution in [2.24, 2.45) is 17.4 Å². The molecule has 1 aromatic carbocycles. The van der Waals surface area contributed by atoms with E-state index in [1.165, 1.54) is 16.7 Å². The minimum absolute atomic E-state index is 0.0523. The van der Waals surface area contributed by atoms with Gasteiger partial charge in [0.2, 0.25) is 5.91 Å². The Morgan fingerprint density at radius 3 is 2.36 bits per heavy atom. The van der Waals surface area contributed by atoms with E-state index in [-0.39, 0.29) is 17.9 Å². The zero-order valence-corrected chi connectivity index (χ0v) is 20.0. The van der Waals surface area contributed by atoms with Gasteiger partial charge in [-0.3, -0.25) is 9.78 Å². The van der Waals surface area contributed by atoms with Crippen LogP contribution in [0.4, 0.5) is 5.69 Å². The van der Waals surface area contributed by atoms with Crippen LogP contribution in [0.15, 0.2) is 35.0 Å². The van der Waals surface area contributed by atoms with Gasteiger partial charge in [-0.05, 0) is 47.1 Å². The lowest BCUT2D eigenvalue weighted by Gasteiger charge is -2.21. The number of carbonyl (C=O) groups is 2. The van der Waals surface area contributed by atoms with E-state index in [1.807, 2.05) is 31.2 Å². The Hall–Kier alpha value is -3.07. The van der Waals surface area contributed by atoms with E-state index in [2.05, 4.69) is 19.2 Å². The van der Waals surface area contributed by atoms with Gasteiger partial charge in [0.05, 0.1) is 17.7 Å². The molecule has 1 amide bonds. The summed E-state index contributed by atoms with van der Waals surface area (Å²) in [5.41, 5.74) is 18.7. The van der Waals surface area contributed by atoms with Crippen molar-refractivity contribution < 1.29 is 14.7 Å². The Kier molecular flexibility index (Phi) is 7.97. The maximum Gasteiger partial charge on any atom is 0.338 e. The number of nitrogens with two attached hydrogens (primary N) is 2. The molecule has 0 aliphatic heterocycles. The number of hydrogen-bond acceptors (Lipinski definition) is 6. The molecule has 2 heterocycles. The highest BCUT2D eigenvalue weighted by molar-refractivity contribution is 7.08. The minimum atomic E-state index is -1.08. The van der Waals surface area contributed by atoms with Crippen LogP contribution in [-0.2, 0) is 30.7 Å². The summed E-state index contributed by atoms with van der Waals surface area (Å²) in [6.07, 6.45) is 0.835. The van der Waals surface area contributed by atoms with Crippen molar-refractivity contribution in [3.63, 3.8) is 0 Å². The molecule has 0 radical (unpaired) electrons. The number of thiophene rings is 1. The van der Waals surface area contributed by atoms with Crippen LogP contribution in [0.1, 0.15) is 52.3 Å². The van der Waals surface area contributed by atoms with Gasteiger partial charge in [-0.25, -0.2) is 4.79 Å². The highest BCUT2D eigenvalue weighted by Crippen LogP contribution is 2.33. The first kappa shape index (κ1) is 24.6. The number of nitrogens with zero attached hydrogens (tertiary/aromatic N) is 1. The second-order valence-corrected chi connectivity index (χ2v) is 9.15. The van der Waals surface area contributed by atoms with Crippen LogP contribution >= 0.6 is 11.3 Å². The summed E-state index contributed by atoms with van der Waals surface area (Å²) in [5.74, 6) is -0.981. The number of carboxylic acids is 1. The molecule has 0 saturated heterocycles. The number of nitrogens with one attached hydrogen (secondary N) is 1. The third-order valence-corrected chi connectivity index (χ3v) is 6.22. The fraction of sp³-hybridized carbons (Fsp3) is 0.320. The fourth-order valence-corrected chi connectivity index (χ4v) is 4.66. The van der Waals surface area contributed by atoms with E-state index in [1.54, 1.807) is 5.38 Å². The largest absolute Gasteiger partial charge is 0.478 e. The van der Waals surface area contributed by atoms with Crippen LogP contribution in [0, 0.1) is 12.8 Å². The number of aromatic nitrogens is 1. The van der Waals surface area contributed by atoms with Gasteiger partial charge in [0, 0.05) is 35.2 Å². The molecule has 7 nitrogen and oxygen atoms in total. The SMILES string of the molecule is Cc1nc(CC(C)C)c(CN)c(-c2ccc(CN)cc2)c1CC(=O)Nc1cscc1C(=O)O. The van der Waals surface area contributed by atoms with Crippen molar-refractivity contribution in [1.82, 2.24) is 4.98 Å². The highest BCUT2D eigenvalue weighted by atomic mass is 32.1. The smallest absolute Gasteiger partial charge is 0.338 e. The van der Waals surface area contributed by atoms with Crippen LogP contribution in [0.25, 0.3) is 11.1 Å². The number of benzene rings is 1. The lowest BCUT2D eigenvalue weighted by molar-refractivity contribution is -0.115. The number of pyridine rings is 1. The van der Waals surface area contributed by atoms with Crippen molar-refractivity contribution >= 4 is 28.9 Å². The second-order valence-electron chi connectivity index (χ2n) is 8.41. The van der Waals surface area contributed by atoms with Gasteiger partial charge in [0.1, 0.15) is 0 Å². The van der Waals surface area contributed by atoms with E-state index in [4.69, 9.17) is 16.5 Å². The molecule has 174 valence electrons. The summed E-state index contributed by atoms with van der Waals surface area (Å²) in [5, 5.41) is 15.2. The highest BCUT2D eigenvalue weighted by Gasteiger charge is 2.22. The number of hydrogen-bond donors (Lipinski definition) is 4. The molecule has 6 N–H and O–H groups in total. The zero-order valence-electron chi connectivity index (χ0n) is 19.1. The molecule has 0 atom stereocenters. The molecule has 3 aromatic rings. The zero-order chi connectivity index (χ0) is 24.1. The molecular formula is C25H30N4O3S. The fourth-order valence-electron chi connectivity index (χ4n) is 3.91. The van der Waals surface area contributed by atoms with E-state index >= 15 is 0 Å². The van der Waals surface area contributed by atoms with E-state index in [0.717, 1.165) is 45.6 Å². The van der Waals surface area contributed by atoms with Crippen molar-refractivity contribution in [2.45, 2.75) is 46.7 Å². The minimum Gasteiger partial charge on any atom is -0.478 e. The van der Waals surface area contributed by atoms with Gasteiger partial charge in [-0.15, -0.1) is 11.3 Å². The standard InChI is InChI=1S/C25H30N4O3S/c1-14(2)8-21-19(11-27)24(17-6-4-16(10-26)5-7-17)18(15(3)28-21)9-23(30)29-22-13-33-12-20(22)25(31)32/h4-7,12-14H,8-11,26-27H2,1-3H3,(H,29,30)(H,31,32). The second kappa shape index (κ2) is 10.7. The van der Waals surface area contributed by atoms with Gasteiger partial charge >= 0.3 is 5.97 Å². The number of aryl methyl sites for hydroxylation is 1. The van der Waals surface area contributed by atoms with Crippen molar-refractivity contribution in [2.75, 3.05) is 5.32 Å². The Labute approximate surface area is 197 Å².